The molecule has 4 aromatic rings. The van der Waals surface area contributed by atoms with Gasteiger partial charge in [0.25, 0.3) is 0 Å². The number of phenolic OH excluding ortho intramolecular Hbond substituents is 1. The Morgan fingerprint density at radius 1 is 1.08 bits per heavy atom. The monoisotopic (exact) mass is 615 g/mol. The number of hydrogen-bond donors (Lipinski definition) is 2. The van der Waals surface area contributed by atoms with E-state index in [1.54, 1.807) is 0 Å². The number of azo groups is 1. The SMILES string of the molecule is O=S(=O)([O-])c1ccccc1N=Nc1c(SOO[O-])cc2cc(Nc3nc(F)nc(F)c3Cl)ccc2c1O.[Na+].[Na+]. The van der Waals surface area contributed by atoms with Gasteiger partial charge in [0.05, 0.1) is 21.8 Å². The molecule has 19 heteroatoms. The summed E-state index contributed by atoms with van der Waals surface area (Å²) in [6, 6.07) is 10.6. The fraction of sp³-hybridized carbons (Fsp3) is 0. The molecule has 0 unspecified atom stereocenters. The maximum Gasteiger partial charge on any atom is 1.00 e. The molecule has 0 saturated carbocycles. The maximum absolute atomic E-state index is 13.6. The summed E-state index contributed by atoms with van der Waals surface area (Å²) in [5.41, 5.74) is -0.307. The van der Waals surface area contributed by atoms with E-state index >= 15 is 0 Å². The standard InChI is InChI=1S/C20H12ClF2N5O7S2.2Na/c21-15-18(22)25-20(23)26-19(15)24-10-5-6-11-9(7-10)8-13(36-35-34-30)16(17(11)29)28-27-12-3-1-2-4-14(12)37(31,32)33;;/h1-8,29-30H,(H,24,25,26)(H,31,32,33);;/q;2*+1/p-2. The molecule has 4 rings (SSSR count). The Bertz CT molecular complexity index is 1660. The first-order valence-corrected chi connectivity index (χ1v) is 12.2. The molecule has 0 spiro atoms. The van der Waals surface area contributed by atoms with Crippen LogP contribution in [0.1, 0.15) is 0 Å². The Hall–Kier alpha value is -1.51. The molecule has 0 aliphatic heterocycles. The number of nitrogens with zero attached hydrogens (tertiary/aromatic N) is 4. The van der Waals surface area contributed by atoms with Crippen molar-refractivity contribution in [3.63, 3.8) is 0 Å². The third-order valence-electron chi connectivity index (χ3n) is 4.64. The van der Waals surface area contributed by atoms with Gasteiger partial charge in [0, 0.05) is 11.1 Å². The number of aromatic hydroxyl groups is 1. The van der Waals surface area contributed by atoms with Gasteiger partial charge in [-0.2, -0.15) is 23.1 Å². The first-order chi connectivity index (χ1) is 17.6. The van der Waals surface area contributed by atoms with E-state index in [4.69, 9.17) is 11.6 Å². The fourth-order valence-corrected chi connectivity index (χ4v) is 4.34. The van der Waals surface area contributed by atoms with E-state index in [0.717, 1.165) is 6.07 Å². The van der Waals surface area contributed by atoms with E-state index in [1.165, 1.54) is 42.5 Å². The topological polar surface area (TPSA) is 181 Å². The third kappa shape index (κ3) is 8.04. The van der Waals surface area contributed by atoms with Gasteiger partial charge >= 0.3 is 65.2 Å². The number of aromatic nitrogens is 2. The van der Waals surface area contributed by atoms with Crippen LogP contribution in [0.15, 0.2) is 68.6 Å². The zero-order chi connectivity index (χ0) is 26.7. The summed E-state index contributed by atoms with van der Waals surface area (Å²) < 4.78 is 65.8. The second-order valence-corrected chi connectivity index (χ2v) is 9.39. The van der Waals surface area contributed by atoms with Crippen LogP contribution in [0, 0.1) is 12.0 Å². The minimum atomic E-state index is -4.88. The van der Waals surface area contributed by atoms with Crippen molar-refractivity contribution >= 4 is 67.4 Å². The predicted octanol–water partition coefficient (Wildman–Crippen LogP) is -1.43. The summed E-state index contributed by atoms with van der Waals surface area (Å²) in [7, 11) is -4.88. The van der Waals surface area contributed by atoms with Gasteiger partial charge in [-0.25, -0.2) is 8.42 Å². The van der Waals surface area contributed by atoms with E-state index < -0.39 is 37.8 Å². The first-order valence-electron chi connectivity index (χ1n) is 9.63. The molecule has 0 atom stereocenters. The number of fused-ring (bicyclic) bond motifs is 1. The average molecular weight is 616 g/mol. The van der Waals surface area contributed by atoms with Crippen LogP contribution in [0.2, 0.25) is 5.02 Å². The van der Waals surface area contributed by atoms with E-state index in [0.29, 0.717) is 17.4 Å². The molecule has 1 heterocycles. The first kappa shape index (κ1) is 33.7. The van der Waals surface area contributed by atoms with Crippen LogP contribution >= 0.6 is 23.6 Å². The summed E-state index contributed by atoms with van der Waals surface area (Å²) in [6.07, 6.45) is -1.35. The van der Waals surface area contributed by atoms with Crippen LogP contribution in [-0.4, -0.2) is 28.0 Å². The smallest absolute Gasteiger partial charge is 0.744 e. The minimum Gasteiger partial charge on any atom is -0.744 e. The molecule has 3 aromatic carbocycles. The van der Waals surface area contributed by atoms with Crippen LogP contribution in [0.4, 0.5) is 31.7 Å². The third-order valence-corrected chi connectivity index (χ3v) is 6.47. The molecule has 0 radical (unpaired) electrons. The molecule has 1 aromatic heterocycles. The Kier molecular flexibility index (Phi) is 12.4. The summed E-state index contributed by atoms with van der Waals surface area (Å²) in [6.45, 7) is 0. The predicted molar refractivity (Wildman–Crippen MR) is 122 cm³/mol. The second kappa shape index (κ2) is 14.4. The van der Waals surface area contributed by atoms with Gasteiger partial charge in [0.2, 0.25) is 5.95 Å². The molecular formula is C20H10ClF2N5Na2O7S2. The zero-order valence-electron chi connectivity index (χ0n) is 19.8. The van der Waals surface area contributed by atoms with Crippen molar-refractivity contribution in [2.24, 2.45) is 10.2 Å². The number of hydrogen-bond acceptors (Lipinski definition) is 13. The summed E-state index contributed by atoms with van der Waals surface area (Å²) in [4.78, 5) is 5.62. The van der Waals surface area contributed by atoms with Gasteiger partial charge in [0.1, 0.15) is 26.5 Å². The van der Waals surface area contributed by atoms with Crippen molar-refractivity contribution in [3.05, 3.63) is 65.6 Å². The van der Waals surface area contributed by atoms with E-state index in [9.17, 15) is 32.1 Å². The van der Waals surface area contributed by atoms with Crippen LogP contribution in [-0.2, 0) is 19.5 Å². The van der Waals surface area contributed by atoms with E-state index in [1.807, 2.05) is 0 Å². The molecule has 12 nitrogen and oxygen atoms in total. The summed E-state index contributed by atoms with van der Waals surface area (Å²) >= 11 is 6.12. The largest absolute Gasteiger partial charge is 1.00 e. The van der Waals surface area contributed by atoms with Crippen LogP contribution < -0.4 is 69.7 Å². The molecule has 0 aliphatic rings. The van der Waals surface area contributed by atoms with Gasteiger partial charge in [-0.3, -0.25) is 5.04 Å². The fourth-order valence-electron chi connectivity index (χ4n) is 3.11. The molecule has 2 N–H and O–H groups in total. The van der Waals surface area contributed by atoms with Crippen molar-refractivity contribution in [1.82, 2.24) is 9.97 Å². The maximum atomic E-state index is 13.6. The van der Waals surface area contributed by atoms with Crippen molar-refractivity contribution in [2.45, 2.75) is 9.79 Å². The molecule has 39 heavy (non-hydrogen) atoms. The quantitative estimate of drug-likeness (QED) is 0.0346. The van der Waals surface area contributed by atoms with Crippen molar-refractivity contribution < 1.29 is 101 Å². The molecular weight excluding hydrogens is 606 g/mol. The molecule has 0 aliphatic carbocycles. The van der Waals surface area contributed by atoms with E-state index in [-0.39, 0.29) is 92.3 Å². The minimum absolute atomic E-state index is 0. The van der Waals surface area contributed by atoms with Crippen molar-refractivity contribution in [2.75, 3.05) is 5.32 Å². The number of rotatable bonds is 8. The molecule has 192 valence electrons. The Balaban J connectivity index is 0.00000267. The van der Waals surface area contributed by atoms with Crippen LogP contribution in [0.5, 0.6) is 5.75 Å². The van der Waals surface area contributed by atoms with E-state index in [2.05, 4.69) is 34.9 Å². The average Bonchev–Trinajstić information content (AvgIpc) is 2.84. The van der Waals surface area contributed by atoms with Gasteiger partial charge in [-0.05, 0) is 41.8 Å². The Morgan fingerprint density at radius 3 is 2.49 bits per heavy atom. The van der Waals surface area contributed by atoms with Gasteiger partial charge in [0.15, 0.2) is 11.6 Å². The molecule has 0 bridgehead atoms. The van der Waals surface area contributed by atoms with Gasteiger partial charge < -0.3 is 20.2 Å². The van der Waals surface area contributed by atoms with Gasteiger partial charge in [-0.1, -0.05) is 23.7 Å². The van der Waals surface area contributed by atoms with Crippen molar-refractivity contribution in [1.29, 1.82) is 0 Å². The normalized spacial score (nSPS) is 11.3. The summed E-state index contributed by atoms with van der Waals surface area (Å²) in [5, 5.41) is 34.8. The van der Waals surface area contributed by atoms with Crippen molar-refractivity contribution in [3.8, 4) is 5.75 Å². The van der Waals surface area contributed by atoms with Crippen LogP contribution in [0.3, 0.4) is 0 Å². The summed E-state index contributed by atoms with van der Waals surface area (Å²) in [5.74, 6) is -2.10. The molecule has 0 fully saturated rings. The number of phenols is 1. The molecule has 0 amide bonds. The number of nitrogens with one attached hydrogen (secondary N) is 1. The number of benzene rings is 3. The number of anilines is 2. The Morgan fingerprint density at radius 2 is 1.79 bits per heavy atom. The van der Waals surface area contributed by atoms with Crippen LogP contribution in [0.25, 0.3) is 10.8 Å². The second-order valence-electron chi connectivity index (χ2n) is 6.92. The molecule has 0 saturated heterocycles. The van der Waals surface area contributed by atoms with Gasteiger partial charge in [-0.15, -0.1) is 10.2 Å². The zero-order valence-corrected chi connectivity index (χ0v) is 26.1. The Labute approximate surface area is 272 Å². The number of halogens is 3.